The van der Waals surface area contributed by atoms with E-state index in [0.717, 1.165) is 16.7 Å². The van der Waals surface area contributed by atoms with Crippen LogP contribution in [0.3, 0.4) is 0 Å². The highest BCUT2D eigenvalue weighted by Crippen LogP contribution is 2.34. The maximum absolute atomic E-state index is 12.3. The molecule has 1 aromatic carbocycles. The largest absolute Gasteiger partial charge is 0.434 e. The van der Waals surface area contributed by atoms with Crippen LogP contribution in [0, 0.1) is 0 Å². The normalized spacial score (nSPS) is 11.5. The SMILES string of the molecule is FC(F)(F)c1csc(Oc2cccc(Cl)c2)n1. The first-order valence-corrected chi connectivity index (χ1v) is 5.67. The predicted octanol–water partition coefficient (Wildman–Crippen LogP) is 4.61. The van der Waals surface area contributed by atoms with Crippen molar-refractivity contribution in [1.29, 1.82) is 0 Å². The van der Waals surface area contributed by atoms with Gasteiger partial charge in [0.05, 0.1) is 0 Å². The average Bonchev–Trinajstić information content (AvgIpc) is 2.65. The van der Waals surface area contributed by atoms with Gasteiger partial charge in [-0.15, -0.1) is 0 Å². The maximum Gasteiger partial charge on any atom is 0.434 e. The molecule has 0 aliphatic heterocycles. The number of benzene rings is 1. The minimum atomic E-state index is -4.45. The third-order valence-electron chi connectivity index (χ3n) is 1.77. The van der Waals surface area contributed by atoms with E-state index in [4.69, 9.17) is 16.3 Å². The first-order chi connectivity index (χ1) is 7.95. The molecule has 1 heterocycles. The van der Waals surface area contributed by atoms with Crippen LogP contribution in [0.1, 0.15) is 5.69 Å². The van der Waals surface area contributed by atoms with Gasteiger partial charge in [0.1, 0.15) is 5.75 Å². The number of halogens is 4. The van der Waals surface area contributed by atoms with E-state index < -0.39 is 11.9 Å². The summed E-state index contributed by atoms with van der Waals surface area (Å²) in [5.41, 5.74) is -0.959. The Hall–Kier alpha value is -1.27. The monoisotopic (exact) mass is 279 g/mol. The fourth-order valence-electron chi connectivity index (χ4n) is 1.07. The third-order valence-corrected chi connectivity index (χ3v) is 2.73. The molecule has 0 atom stereocenters. The highest BCUT2D eigenvalue weighted by atomic mass is 35.5. The summed E-state index contributed by atoms with van der Waals surface area (Å²) >= 11 is 6.49. The van der Waals surface area contributed by atoms with Crippen molar-refractivity contribution < 1.29 is 17.9 Å². The van der Waals surface area contributed by atoms with Gasteiger partial charge >= 0.3 is 6.18 Å². The Morgan fingerprint density at radius 3 is 2.65 bits per heavy atom. The molecule has 0 saturated heterocycles. The molecule has 90 valence electrons. The van der Waals surface area contributed by atoms with Gasteiger partial charge in [-0.3, -0.25) is 0 Å². The highest BCUT2D eigenvalue weighted by molar-refractivity contribution is 7.11. The number of aromatic nitrogens is 1. The Balaban J connectivity index is 2.17. The molecule has 0 N–H and O–H groups in total. The summed E-state index contributed by atoms with van der Waals surface area (Å²) in [4.78, 5) is 3.33. The number of hydrogen-bond acceptors (Lipinski definition) is 3. The lowest BCUT2D eigenvalue weighted by Gasteiger charge is -2.02. The molecule has 0 amide bonds. The lowest BCUT2D eigenvalue weighted by molar-refractivity contribution is -0.140. The van der Waals surface area contributed by atoms with E-state index in [0.29, 0.717) is 10.8 Å². The molecule has 0 unspecified atom stereocenters. The van der Waals surface area contributed by atoms with Crippen LogP contribution in [0.2, 0.25) is 5.02 Å². The van der Waals surface area contributed by atoms with Gasteiger partial charge in [0.2, 0.25) is 0 Å². The molecule has 0 saturated carbocycles. The van der Waals surface area contributed by atoms with Crippen LogP contribution in [-0.2, 0) is 6.18 Å². The molecule has 2 nitrogen and oxygen atoms in total. The van der Waals surface area contributed by atoms with Gasteiger partial charge in [0.15, 0.2) is 5.69 Å². The van der Waals surface area contributed by atoms with Crippen molar-refractivity contribution in [1.82, 2.24) is 4.98 Å². The second-order valence-electron chi connectivity index (χ2n) is 3.06. The molecule has 2 aromatic rings. The zero-order chi connectivity index (χ0) is 12.5. The Bertz CT molecular complexity index is 526. The fourth-order valence-corrected chi connectivity index (χ4v) is 1.94. The van der Waals surface area contributed by atoms with Gasteiger partial charge in [-0.1, -0.05) is 29.0 Å². The summed E-state index contributed by atoms with van der Waals surface area (Å²) in [6.07, 6.45) is -4.45. The fraction of sp³-hybridized carbons (Fsp3) is 0.100. The summed E-state index contributed by atoms with van der Waals surface area (Å²) in [6, 6.07) is 6.35. The first-order valence-electron chi connectivity index (χ1n) is 4.41. The van der Waals surface area contributed by atoms with E-state index >= 15 is 0 Å². The number of hydrogen-bond donors (Lipinski definition) is 0. The molecule has 7 heteroatoms. The number of ether oxygens (including phenoxy) is 1. The number of nitrogens with zero attached hydrogens (tertiary/aromatic N) is 1. The average molecular weight is 280 g/mol. The van der Waals surface area contributed by atoms with Gasteiger partial charge < -0.3 is 4.74 Å². The van der Waals surface area contributed by atoms with Gasteiger partial charge in [-0.05, 0) is 18.2 Å². The van der Waals surface area contributed by atoms with Crippen LogP contribution in [0.25, 0.3) is 0 Å². The zero-order valence-corrected chi connectivity index (χ0v) is 9.73. The van der Waals surface area contributed by atoms with Crippen LogP contribution >= 0.6 is 22.9 Å². The van der Waals surface area contributed by atoms with Crippen LogP contribution in [0.15, 0.2) is 29.6 Å². The second-order valence-corrected chi connectivity index (χ2v) is 4.31. The summed E-state index contributed by atoms with van der Waals surface area (Å²) in [6.45, 7) is 0. The van der Waals surface area contributed by atoms with E-state index in [-0.39, 0.29) is 5.19 Å². The quantitative estimate of drug-likeness (QED) is 0.801. The molecule has 0 radical (unpaired) electrons. The molecule has 2 rings (SSSR count). The van der Waals surface area contributed by atoms with E-state index in [1.54, 1.807) is 18.2 Å². The van der Waals surface area contributed by atoms with Crippen molar-refractivity contribution in [2.45, 2.75) is 6.18 Å². The number of alkyl halides is 3. The lowest BCUT2D eigenvalue weighted by Crippen LogP contribution is -2.04. The highest BCUT2D eigenvalue weighted by Gasteiger charge is 2.34. The van der Waals surface area contributed by atoms with Gasteiger partial charge in [-0.2, -0.15) is 18.2 Å². The molecule has 17 heavy (non-hydrogen) atoms. The maximum atomic E-state index is 12.3. The molecular weight excluding hydrogens is 275 g/mol. The summed E-state index contributed by atoms with van der Waals surface area (Å²) in [7, 11) is 0. The summed E-state index contributed by atoms with van der Waals surface area (Å²) in [5.74, 6) is 0.348. The van der Waals surface area contributed by atoms with Crippen LogP contribution in [-0.4, -0.2) is 4.98 Å². The molecule has 0 fully saturated rings. The second kappa shape index (κ2) is 4.54. The van der Waals surface area contributed by atoms with Gasteiger partial charge in [0.25, 0.3) is 5.19 Å². The van der Waals surface area contributed by atoms with Crippen molar-refractivity contribution in [2.75, 3.05) is 0 Å². The number of rotatable bonds is 2. The number of thiazole rings is 1. The zero-order valence-electron chi connectivity index (χ0n) is 8.16. The van der Waals surface area contributed by atoms with Crippen molar-refractivity contribution in [2.24, 2.45) is 0 Å². The molecule has 0 aliphatic rings. The van der Waals surface area contributed by atoms with E-state index in [9.17, 15) is 13.2 Å². The molecule has 1 aromatic heterocycles. The van der Waals surface area contributed by atoms with Crippen molar-refractivity contribution in [3.05, 3.63) is 40.4 Å². The van der Waals surface area contributed by atoms with Crippen molar-refractivity contribution in [3.63, 3.8) is 0 Å². The minimum absolute atomic E-state index is 0.0698. The van der Waals surface area contributed by atoms with E-state index in [1.807, 2.05) is 0 Å². The summed E-state index contributed by atoms with van der Waals surface area (Å²) in [5, 5.41) is 1.27. The van der Waals surface area contributed by atoms with E-state index in [2.05, 4.69) is 4.98 Å². The third kappa shape index (κ3) is 3.10. The van der Waals surface area contributed by atoms with Crippen LogP contribution < -0.4 is 4.74 Å². The van der Waals surface area contributed by atoms with Crippen LogP contribution in [0.4, 0.5) is 13.2 Å². The molecule has 0 aliphatic carbocycles. The Labute approximate surface area is 104 Å². The first kappa shape index (κ1) is 12.2. The molecule has 0 spiro atoms. The smallest absolute Gasteiger partial charge is 0.431 e. The molecular formula is C10H5ClF3NOS. The summed E-state index contributed by atoms with van der Waals surface area (Å²) < 4.78 is 42.0. The molecule has 0 bridgehead atoms. The lowest BCUT2D eigenvalue weighted by atomic mass is 10.3. The topological polar surface area (TPSA) is 22.1 Å². The van der Waals surface area contributed by atoms with Crippen molar-refractivity contribution in [3.8, 4) is 10.9 Å². The standard InChI is InChI=1S/C10H5ClF3NOS/c11-6-2-1-3-7(4-6)16-9-15-8(5-17-9)10(12,13)14/h1-5H. The van der Waals surface area contributed by atoms with Gasteiger partial charge in [-0.25, -0.2) is 0 Å². The minimum Gasteiger partial charge on any atom is -0.431 e. The van der Waals surface area contributed by atoms with Crippen molar-refractivity contribution >= 4 is 22.9 Å². The van der Waals surface area contributed by atoms with E-state index in [1.165, 1.54) is 6.07 Å². The van der Waals surface area contributed by atoms with Crippen LogP contribution in [0.5, 0.6) is 10.9 Å². The Morgan fingerprint density at radius 1 is 1.29 bits per heavy atom. The Morgan fingerprint density at radius 2 is 2.06 bits per heavy atom. The van der Waals surface area contributed by atoms with Gasteiger partial charge in [0, 0.05) is 10.4 Å². The Kier molecular flexibility index (Phi) is 3.26. The predicted molar refractivity (Wildman–Crippen MR) is 58.6 cm³/mol.